The lowest BCUT2D eigenvalue weighted by atomic mass is 10.1. The molecule has 90 valence electrons. The van der Waals surface area contributed by atoms with Gasteiger partial charge in [-0.05, 0) is 25.5 Å². The van der Waals surface area contributed by atoms with E-state index in [1.807, 2.05) is 0 Å². The van der Waals surface area contributed by atoms with E-state index >= 15 is 0 Å². The van der Waals surface area contributed by atoms with Crippen LogP contribution in [0, 0.1) is 0 Å². The molecule has 1 aromatic rings. The molecule has 1 atom stereocenters. The number of unbranched alkanes of at least 4 members (excludes halogenated alkanes) is 2. The van der Waals surface area contributed by atoms with Crippen molar-refractivity contribution in [3.05, 3.63) is 17.3 Å². The van der Waals surface area contributed by atoms with Gasteiger partial charge in [0.05, 0.1) is 5.69 Å². The van der Waals surface area contributed by atoms with Gasteiger partial charge in [0.2, 0.25) is 0 Å². The van der Waals surface area contributed by atoms with Crippen molar-refractivity contribution in [3.8, 4) is 0 Å². The van der Waals surface area contributed by atoms with Crippen LogP contribution in [0.2, 0.25) is 5.15 Å². The van der Waals surface area contributed by atoms with Crippen molar-refractivity contribution in [1.82, 2.24) is 4.98 Å². The fraction of sp³-hybridized carbons (Fsp3) is 0.583. The van der Waals surface area contributed by atoms with Crippen LogP contribution in [-0.2, 0) is 0 Å². The Morgan fingerprint density at radius 2 is 2.19 bits per heavy atom. The zero-order chi connectivity index (χ0) is 12.0. The monoisotopic (exact) mass is 241 g/mol. The van der Waals surface area contributed by atoms with E-state index < -0.39 is 0 Å². The predicted octanol–water partition coefficient (Wildman–Crippen LogP) is 3.70. The predicted molar refractivity (Wildman–Crippen MR) is 70.9 cm³/mol. The summed E-state index contributed by atoms with van der Waals surface area (Å²) in [5.41, 5.74) is 6.45. The molecule has 16 heavy (non-hydrogen) atoms. The Morgan fingerprint density at radius 1 is 1.44 bits per heavy atom. The minimum atomic E-state index is 0.375. The first-order chi connectivity index (χ1) is 7.63. The maximum atomic E-state index is 5.82. The Labute approximate surface area is 102 Å². The van der Waals surface area contributed by atoms with Gasteiger partial charge in [-0.3, -0.25) is 0 Å². The van der Waals surface area contributed by atoms with Crippen molar-refractivity contribution >= 4 is 23.1 Å². The summed E-state index contributed by atoms with van der Waals surface area (Å²) in [6.45, 7) is 4.34. The van der Waals surface area contributed by atoms with Crippen molar-refractivity contribution in [2.24, 2.45) is 0 Å². The van der Waals surface area contributed by atoms with Gasteiger partial charge in [0, 0.05) is 6.04 Å². The standard InChI is InChI=1S/C12H20ClN3/c1-3-4-5-6-9(2)15-12-10(14)7-8-11(13)16-12/h7-9H,3-6,14H2,1-2H3,(H,15,16). The molecular formula is C12H20ClN3. The Kier molecular flexibility index (Phi) is 5.39. The lowest BCUT2D eigenvalue weighted by Gasteiger charge is -2.15. The number of halogens is 1. The summed E-state index contributed by atoms with van der Waals surface area (Å²) in [5, 5.41) is 3.76. The van der Waals surface area contributed by atoms with Crippen molar-refractivity contribution < 1.29 is 0 Å². The third-order valence-corrected chi connectivity index (χ3v) is 2.73. The lowest BCUT2D eigenvalue weighted by Crippen LogP contribution is -2.17. The van der Waals surface area contributed by atoms with E-state index in [-0.39, 0.29) is 0 Å². The first-order valence-corrected chi connectivity index (χ1v) is 6.19. The van der Waals surface area contributed by atoms with Crippen molar-refractivity contribution in [3.63, 3.8) is 0 Å². The van der Waals surface area contributed by atoms with Crippen LogP contribution in [0.3, 0.4) is 0 Å². The molecule has 0 bridgehead atoms. The van der Waals surface area contributed by atoms with E-state index in [4.69, 9.17) is 17.3 Å². The molecule has 1 aromatic heterocycles. The number of nitrogens with two attached hydrogens (primary N) is 1. The Bertz CT molecular complexity index is 328. The topological polar surface area (TPSA) is 50.9 Å². The molecule has 0 spiro atoms. The average Bonchev–Trinajstić information content (AvgIpc) is 2.24. The van der Waals surface area contributed by atoms with Crippen molar-refractivity contribution in [2.75, 3.05) is 11.1 Å². The smallest absolute Gasteiger partial charge is 0.151 e. The van der Waals surface area contributed by atoms with Gasteiger partial charge in [-0.25, -0.2) is 4.98 Å². The second-order valence-electron chi connectivity index (χ2n) is 4.11. The van der Waals surface area contributed by atoms with Crippen LogP contribution in [0.4, 0.5) is 11.5 Å². The third kappa shape index (κ3) is 4.27. The lowest BCUT2D eigenvalue weighted by molar-refractivity contribution is 0.614. The normalized spacial score (nSPS) is 12.4. The summed E-state index contributed by atoms with van der Waals surface area (Å²) in [7, 11) is 0. The van der Waals surface area contributed by atoms with Gasteiger partial charge < -0.3 is 11.1 Å². The van der Waals surface area contributed by atoms with Crippen LogP contribution >= 0.6 is 11.6 Å². The molecule has 1 rings (SSSR count). The minimum Gasteiger partial charge on any atom is -0.396 e. The molecule has 1 unspecified atom stereocenters. The summed E-state index contributed by atoms with van der Waals surface area (Å²) in [5.74, 6) is 0.691. The minimum absolute atomic E-state index is 0.375. The van der Waals surface area contributed by atoms with Crippen LogP contribution in [0.1, 0.15) is 39.5 Å². The molecule has 3 nitrogen and oxygen atoms in total. The summed E-state index contributed by atoms with van der Waals surface area (Å²) in [4.78, 5) is 4.17. The number of nitrogen functional groups attached to an aromatic ring is 1. The molecule has 0 aliphatic carbocycles. The number of hydrogen-bond acceptors (Lipinski definition) is 3. The van der Waals surface area contributed by atoms with Gasteiger partial charge >= 0.3 is 0 Å². The van der Waals surface area contributed by atoms with E-state index in [9.17, 15) is 0 Å². The van der Waals surface area contributed by atoms with Gasteiger partial charge in [-0.15, -0.1) is 0 Å². The second kappa shape index (κ2) is 6.59. The van der Waals surface area contributed by atoms with Crippen LogP contribution in [-0.4, -0.2) is 11.0 Å². The fourth-order valence-corrected chi connectivity index (χ4v) is 1.72. The number of nitrogens with zero attached hydrogens (tertiary/aromatic N) is 1. The Balaban J connectivity index is 2.48. The molecule has 1 heterocycles. The quantitative estimate of drug-likeness (QED) is 0.590. The van der Waals surface area contributed by atoms with Crippen molar-refractivity contribution in [2.45, 2.75) is 45.6 Å². The highest BCUT2D eigenvalue weighted by Crippen LogP contribution is 2.20. The molecule has 3 N–H and O–H groups in total. The molecule has 0 aliphatic heterocycles. The maximum absolute atomic E-state index is 5.82. The zero-order valence-electron chi connectivity index (χ0n) is 9.96. The molecule has 0 amide bonds. The number of hydrogen-bond donors (Lipinski definition) is 2. The van der Waals surface area contributed by atoms with Gasteiger partial charge in [0.25, 0.3) is 0 Å². The molecule has 0 saturated carbocycles. The molecule has 0 saturated heterocycles. The largest absolute Gasteiger partial charge is 0.396 e. The van der Waals surface area contributed by atoms with Crippen molar-refractivity contribution in [1.29, 1.82) is 0 Å². The summed E-state index contributed by atoms with van der Waals surface area (Å²) in [6.07, 6.45) is 4.86. The van der Waals surface area contributed by atoms with Crippen LogP contribution in [0.25, 0.3) is 0 Å². The summed E-state index contributed by atoms with van der Waals surface area (Å²) in [6, 6.07) is 3.85. The highest BCUT2D eigenvalue weighted by Gasteiger charge is 2.06. The number of aromatic nitrogens is 1. The van der Waals surface area contributed by atoms with E-state index in [0.717, 1.165) is 6.42 Å². The average molecular weight is 242 g/mol. The molecule has 4 heteroatoms. The van der Waals surface area contributed by atoms with Gasteiger partial charge in [-0.2, -0.15) is 0 Å². The molecular weight excluding hydrogens is 222 g/mol. The van der Waals surface area contributed by atoms with Crippen LogP contribution in [0.15, 0.2) is 12.1 Å². The third-order valence-electron chi connectivity index (χ3n) is 2.52. The summed E-state index contributed by atoms with van der Waals surface area (Å²) >= 11 is 5.82. The molecule has 0 fully saturated rings. The van der Waals surface area contributed by atoms with Gasteiger partial charge in [0.1, 0.15) is 5.15 Å². The SMILES string of the molecule is CCCCCC(C)Nc1nc(Cl)ccc1N. The van der Waals surface area contributed by atoms with E-state index in [2.05, 4.69) is 24.1 Å². The van der Waals surface area contributed by atoms with Crippen LogP contribution < -0.4 is 11.1 Å². The van der Waals surface area contributed by atoms with Gasteiger partial charge in [-0.1, -0.05) is 37.8 Å². The highest BCUT2D eigenvalue weighted by molar-refractivity contribution is 6.29. The fourth-order valence-electron chi connectivity index (χ4n) is 1.57. The number of nitrogens with one attached hydrogen (secondary N) is 1. The first kappa shape index (κ1) is 13.1. The number of anilines is 2. The van der Waals surface area contributed by atoms with Gasteiger partial charge in [0.15, 0.2) is 5.82 Å². The molecule has 0 radical (unpaired) electrons. The Morgan fingerprint density at radius 3 is 2.88 bits per heavy atom. The zero-order valence-corrected chi connectivity index (χ0v) is 10.7. The maximum Gasteiger partial charge on any atom is 0.151 e. The second-order valence-corrected chi connectivity index (χ2v) is 4.50. The van der Waals surface area contributed by atoms with E-state index in [0.29, 0.717) is 22.7 Å². The summed E-state index contributed by atoms with van der Waals surface area (Å²) < 4.78 is 0. The molecule has 0 aliphatic rings. The van der Waals surface area contributed by atoms with Crippen LogP contribution in [0.5, 0.6) is 0 Å². The van der Waals surface area contributed by atoms with E-state index in [1.165, 1.54) is 19.3 Å². The Hall–Kier alpha value is -0.960. The molecule has 0 aromatic carbocycles. The number of rotatable bonds is 6. The number of pyridine rings is 1. The van der Waals surface area contributed by atoms with E-state index in [1.54, 1.807) is 12.1 Å². The highest BCUT2D eigenvalue weighted by atomic mass is 35.5. The first-order valence-electron chi connectivity index (χ1n) is 5.82.